The number of oxazole rings is 1. The molecule has 3 heterocycles. The number of thiazole rings is 1. The summed E-state index contributed by atoms with van der Waals surface area (Å²) in [6.45, 7) is 2.26. The van der Waals surface area contributed by atoms with Crippen LogP contribution in [0.1, 0.15) is 22.9 Å². The molecule has 0 fully saturated rings. The molecule has 3 aromatic heterocycles. The standard InChI is InChI=1S/C19H16BrN5O2S/c1-12-8-21-16(27-12)7-14-11-28-19(23-14)25-17-18(24-15(20)9-22-17)26-10-13-5-3-2-4-6-13/h2-6,8-9,11H,7,10H2,1H3,(H,22,23,25). The maximum atomic E-state index is 5.87. The average Bonchev–Trinajstić information content (AvgIpc) is 3.31. The van der Waals surface area contributed by atoms with Crippen molar-refractivity contribution >= 4 is 38.2 Å². The number of anilines is 2. The van der Waals surface area contributed by atoms with Crippen LogP contribution in [0.2, 0.25) is 0 Å². The van der Waals surface area contributed by atoms with Gasteiger partial charge >= 0.3 is 0 Å². The van der Waals surface area contributed by atoms with Crippen LogP contribution >= 0.6 is 27.3 Å². The number of nitrogens with one attached hydrogen (secondary N) is 1. The number of rotatable bonds is 7. The second kappa shape index (κ2) is 8.49. The van der Waals surface area contributed by atoms with E-state index in [0.29, 0.717) is 40.4 Å². The van der Waals surface area contributed by atoms with Gasteiger partial charge in [-0.05, 0) is 28.4 Å². The zero-order chi connectivity index (χ0) is 19.3. The topological polar surface area (TPSA) is 86.0 Å². The lowest BCUT2D eigenvalue weighted by Gasteiger charge is -2.10. The largest absolute Gasteiger partial charge is 0.470 e. The second-order valence-electron chi connectivity index (χ2n) is 5.93. The highest BCUT2D eigenvalue weighted by Gasteiger charge is 2.13. The van der Waals surface area contributed by atoms with E-state index >= 15 is 0 Å². The first-order valence-corrected chi connectivity index (χ1v) is 10.1. The van der Waals surface area contributed by atoms with Gasteiger partial charge in [-0.15, -0.1) is 11.3 Å². The van der Waals surface area contributed by atoms with Gasteiger partial charge in [-0.2, -0.15) is 0 Å². The van der Waals surface area contributed by atoms with Crippen LogP contribution in [0.5, 0.6) is 5.88 Å². The van der Waals surface area contributed by atoms with E-state index in [9.17, 15) is 0 Å². The Balaban J connectivity index is 1.47. The number of aromatic nitrogens is 4. The van der Waals surface area contributed by atoms with Gasteiger partial charge in [-0.25, -0.2) is 19.9 Å². The van der Waals surface area contributed by atoms with Crippen molar-refractivity contribution in [2.24, 2.45) is 0 Å². The zero-order valence-electron chi connectivity index (χ0n) is 14.9. The molecule has 9 heteroatoms. The molecule has 0 radical (unpaired) electrons. The summed E-state index contributed by atoms with van der Waals surface area (Å²) in [5, 5.41) is 5.84. The van der Waals surface area contributed by atoms with E-state index in [0.717, 1.165) is 17.0 Å². The molecule has 142 valence electrons. The highest BCUT2D eigenvalue weighted by Crippen LogP contribution is 2.28. The smallest absolute Gasteiger partial charge is 0.259 e. The lowest BCUT2D eigenvalue weighted by Crippen LogP contribution is -2.03. The van der Waals surface area contributed by atoms with Gasteiger partial charge in [0.15, 0.2) is 16.8 Å². The van der Waals surface area contributed by atoms with Crippen molar-refractivity contribution in [3.8, 4) is 5.88 Å². The van der Waals surface area contributed by atoms with Crippen molar-refractivity contribution in [2.75, 3.05) is 5.32 Å². The first-order valence-electron chi connectivity index (χ1n) is 8.48. The molecular weight excluding hydrogens is 442 g/mol. The predicted octanol–water partition coefficient (Wildman–Crippen LogP) is 4.91. The molecule has 0 aliphatic carbocycles. The fourth-order valence-corrected chi connectivity index (χ4v) is 3.42. The van der Waals surface area contributed by atoms with Gasteiger partial charge in [0.05, 0.1) is 24.5 Å². The molecule has 4 aromatic rings. The van der Waals surface area contributed by atoms with E-state index in [1.165, 1.54) is 11.3 Å². The van der Waals surface area contributed by atoms with E-state index in [1.54, 1.807) is 12.4 Å². The maximum Gasteiger partial charge on any atom is 0.259 e. The van der Waals surface area contributed by atoms with Crippen molar-refractivity contribution in [3.05, 3.63) is 75.6 Å². The summed E-state index contributed by atoms with van der Waals surface area (Å²) < 4.78 is 12.0. The summed E-state index contributed by atoms with van der Waals surface area (Å²) in [6.07, 6.45) is 3.85. The van der Waals surface area contributed by atoms with Crippen LogP contribution in [-0.4, -0.2) is 19.9 Å². The number of ether oxygens (including phenoxy) is 1. The zero-order valence-corrected chi connectivity index (χ0v) is 17.3. The average molecular weight is 458 g/mol. The summed E-state index contributed by atoms with van der Waals surface area (Å²) in [4.78, 5) is 17.5. The Morgan fingerprint density at radius 2 is 2.00 bits per heavy atom. The SMILES string of the molecule is Cc1cnc(Cc2csc(Nc3ncc(Br)nc3OCc3ccccc3)n2)o1. The summed E-state index contributed by atoms with van der Waals surface area (Å²) in [7, 11) is 0. The number of halogens is 1. The molecule has 0 atom stereocenters. The van der Waals surface area contributed by atoms with Gasteiger partial charge < -0.3 is 14.5 Å². The van der Waals surface area contributed by atoms with Crippen LogP contribution in [0.25, 0.3) is 0 Å². The fourth-order valence-electron chi connectivity index (χ4n) is 2.45. The summed E-state index contributed by atoms with van der Waals surface area (Å²) in [6, 6.07) is 9.90. The minimum absolute atomic E-state index is 0.396. The second-order valence-corrected chi connectivity index (χ2v) is 7.60. The third-order valence-corrected chi connectivity index (χ3v) is 4.90. The molecule has 1 N–H and O–H groups in total. The Kier molecular flexibility index (Phi) is 5.63. The molecule has 28 heavy (non-hydrogen) atoms. The Bertz CT molecular complexity index is 1070. The molecule has 0 aliphatic heterocycles. The van der Waals surface area contributed by atoms with Crippen molar-refractivity contribution in [3.63, 3.8) is 0 Å². The molecule has 0 amide bonds. The van der Waals surface area contributed by atoms with Crippen LogP contribution in [0.4, 0.5) is 10.9 Å². The van der Waals surface area contributed by atoms with Gasteiger partial charge in [0.25, 0.3) is 5.88 Å². The van der Waals surface area contributed by atoms with Gasteiger partial charge in [0.2, 0.25) is 0 Å². The van der Waals surface area contributed by atoms with Crippen LogP contribution in [0.3, 0.4) is 0 Å². The summed E-state index contributed by atoms with van der Waals surface area (Å²) >= 11 is 4.81. The molecule has 0 saturated carbocycles. The minimum Gasteiger partial charge on any atom is -0.470 e. The number of hydrogen-bond donors (Lipinski definition) is 1. The molecular formula is C19H16BrN5O2S. The first kappa shape index (κ1) is 18.6. The van der Waals surface area contributed by atoms with Gasteiger partial charge in [-0.1, -0.05) is 30.3 Å². The minimum atomic E-state index is 0.396. The highest BCUT2D eigenvalue weighted by molar-refractivity contribution is 9.10. The van der Waals surface area contributed by atoms with Crippen molar-refractivity contribution in [1.82, 2.24) is 19.9 Å². The lowest BCUT2D eigenvalue weighted by molar-refractivity contribution is 0.294. The third kappa shape index (κ3) is 4.73. The van der Waals surface area contributed by atoms with E-state index in [4.69, 9.17) is 9.15 Å². The Morgan fingerprint density at radius 1 is 1.14 bits per heavy atom. The van der Waals surface area contributed by atoms with Crippen LogP contribution in [0.15, 0.2) is 57.1 Å². The molecule has 1 aromatic carbocycles. The molecule has 7 nitrogen and oxygen atoms in total. The van der Waals surface area contributed by atoms with Gasteiger partial charge in [0.1, 0.15) is 17.0 Å². The van der Waals surface area contributed by atoms with Gasteiger partial charge in [0, 0.05) is 5.38 Å². The highest BCUT2D eigenvalue weighted by atomic mass is 79.9. The van der Waals surface area contributed by atoms with Gasteiger partial charge in [-0.3, -0.25) is 0 Å². The Hall–Kier alpha value is -2.78. The number of benzene rings is 1. The third-order valence-electron chi connectivity index (χ3n) is 3.71. The van der Waals surface area contributed by atoms with E-state index < -0.39 is 0 Å². The number of aryl methyl sites for hydroxylation is 1. The summed E-state index contributed by atoms with van der Waals surface area (Å²) in [5.74, 6) is 2.34. The predicted molar refractivity (Wildman–Crippen MR) is 110 cm³/mol. The quantitative estimate of drug-likeness (QED) is 0.421. The number of nitrogens with zero attached hydrogens (tertiary/aromatic N) is 4. The van der Waals surface area contributed by atoms with Crippen LogP contribution in [0, 0.1) is 6.92 Å². The van der Waals surface area contributed by atoms with E-state index in [-0.39, 0.29) is 0 Å². The molecule has 0 aliphatic rings. The van der Waals surface area contributed by atoms with Crippen LogP contribution in [-0.2, 0) is 13.0 Å². The Morgan fingerprint density at radius 3 is 2.79 bits per heavy atom. The van der Waals surface area contributed by atoms with E-state index in [2.05, 4.69) is 41.2 Å². The monoisotopic (exact) mass is 457 g/mol. The fraction of sp³-hybridized carbons (Fsp3) is 0.158. The lowest BCUT2D eigenvalue weighted by atomic mass is 10.2. The maximum absolute atomic E-state index is 5.87. The van der Waals surface area contributed by atoms with Crippen molar-refractivity contribution < 1.29 is 9.15 Å². The Labute approximate surface area is 174 Å². The molecule has 4 rings (SSSR count). The van der Waals surface area contributed by atoms with Crippen molar-refractivity contribution in [2.45, 2.75) is 20.0 Å². The molecule has 0 unspecified atom stereocenters. The molecule has 0 saturated heterocycles. The van der Waals surface area contributed by atoms with Crippen LogP contribution < -0.4 is 10.1 Å². The van der Waals surface area contributed by atoms with E-state index in [1.807, 2.05) is 42.6 Å². The molecule has 0 bridgehead atoms. The molecule has 0 spiro atoms. The first-order chi connectivity index (χ1) is 13.7. The van der Waals surface area contributed by atoms with Crippen molar-refractivity contribution in [1.29, 1.82) is 0 Å². The normalized spacial score (nSPS) is 10.8. The summed E-state index contributed by atoms with van der Waals surface area (Å²) in [5.41, 5.74) is 1.92. The number of hydrogen-bond acceptors (Lipinski definition) is 8.